The summed E-state index contributed by atoms with van der Waals surface area (Å²) in [5.74, 6) is -28.9. The number of cyclic esters (lactones) is 2. The van der Waals surface area contributed by atoms with E-state index in [-0.39, 0.29) is 12.2 Å². The Bertz CT molecular complexity index is 1760. The fraction of sp³-hybridized carbons (Fsp3) is 0.724. The van der Waals surface area contributed by atoms with Crippen molar-refractivity contribution in [2.45, 2.75) is 89.5 Å². The number of hydrogen-bond acceptors (Lipinski definition) is 14. The van der Waals surface area contributed by atoms with Crippen LogP contribution in [0.2, 0.25) is 0 Å². The monoisotopic (exact) mass is 1210 g/mol. The van der Waals surface area contributed by atoms with E-state index in [2.05, 4.69) is 28.4 Å². The molecule has 0 amide bonds. The molecule has 0 aliphatic carbocycles. The lowest BCUT2D eigenvalue weighted by atomic mass is 10.3. The van der Waals surface area contributed by atoms with Crippen molar-refractivity contribution in [3.8, 4) is 0 Å². The molecule has 1 heterocycles. The first kappa shape index (κ1) is 71.4. The molecule has 3 atom stereocenters. The van der Waals surface area contributed by atoms with Gasteiger partial charge in [-0.25, -0.2) is 32.3 Å². The van der Waals surface area contributed by atoms with Gasteiger partial charge in [0, 0.05) is 41.6 Å². The summed E-state index contributed by atoms with van der Waals surface area (Å²) in [5, 5.41) is -7.16. The molecule has 0 saturated heterocycles. The molecule has 0 aromatic rings. The molecule has 0 aromatic carbocycles. The Balaban J connectivity index is 0. The Kier molecular flexibility index (Phi) is 25.8. The molecule has 0 spiro atoms. The molecule has 1 N–H and O–H groups in total. The topological polar surface area (TPSA) is 144 Å². The van der Waals surface area contributed by atoms with E-state index in [1.807, 2.05) is 0 Å². The summed E-state index contributed by atoms with van der Waals surface area (Å²) in [7, 11) is 0. The predicted molar refractivity (Wildman–Crippen MR) is 176 cm³/mol. The van der Waals surface area contributed by atoms with Gasteiger partial charge in [0.1, 0.15) is 13.2 Å². The highest BCUT2D eigenvalue weighted by Gasteiger charge is 2.78. The third kappa shape index (κ3) is 21.5. The fourth-order valence-electron chi connectivity index (χ4n) is 2.87. The number of rotatable bonds is 25. The second kappa shape index (κ2) is 26.4. The highest BCUT2D eigenvalue weighted by molar-refractivity contribution is 8.00. The number of thioether (sulfide) groups is 3. The van der Waals surface area contributed by atoms with Crippen LogP contribution in [-0.2, 0) is 47.6 Å². The molecule has 11 nitrogen and oxygen atoms in total. The number of alkyl halides is 30. The Morgan fingerprint density at radius 1 is 0.466 bits per heavy atom. The normalized spacial score (nSPS) is 16.3. The third-order valence-electron chi connectivity index (χ3n) is 6.25. The number of aliphatic hydroxyl groups is 1. The first-order chi connectivity index (χ1) is 32.2. The summed E-state index contributed by atoms with van der Waals surface area (Å²) in [6.45, 7) is -3.35. The number of hydrogen-bond donors (Lipinski definition) is 1. The molecule has 73 heavy (non-hydrogen) atoms. The zero-order valence-electron chi connectivity index (χ0n) is 33.4. The van der Waals surface area contributed by atoms with Crippen LogP contribution < -0.4 is 0 Å². The molecular formula is C29H20F30O11S3. The van der Waals surface area contributed by atoms with Gasteiger partial charge in [-0.15, -0.1) is 0 Å². The smallest absolute Gasteiger partial charge is 0.462 e. The number of carbonyl (C=O) groups is 4. The Labute approximate surface area is 394 Å². The van der Waals surface area contributed by atoms with E-state index in [1.54, 1.807) is 0 Å². The highest BCUT2D eigenvalue weighted by atomic mass is 32.2. The van der Waals surface area contributed by atoms with Gasteiger partial charge < -0.3 is 19.3 Å². The Hall–Kier alpha value is -3.65. The van der Waals surface area contributed by atoms with Gasteiger partial charge in [0.15, 0.2) is 0 Å². The van der Waals surface area contributed by atoms with Gasteiger partial charge in [-0.1, -0.05) is 35.3 Å². The molecular weight excluding hydrogens is 1190 g/mol. The number of ether oxygens (including phenoxy) is 6. The van der Waals surface area contributed by atoms with Gasteiger partial charge >= 0.3 is 94.3 Å². The quantitative estimate of drug-likeness (QED) is 0.0231. The maximum absolute atomic E-state index is 13.4. The van der Waals surface area contributed by atoms with Gasteiger partial charge in [-0.2, -0.15) is 119 Å². The molecule has 0 aromatic heterocycles. The average Bonchev–Trinajstić information content (AvgIpc) is 3.59. The molecule has 0 radical (unpaired) electrons. The van der Waals surface area contributed by atoms with Gasteiger partial charge in [0.25, 0.3) is 19.1 Å². The van der Waals surface area contributed by atoms with E-state index in [9.17, 15) is 151 Å². The van der Waals surface area contributed by atoms with Gasteiger partial charge in [0.05, 0.1) is 6.61 Å². The summed E-state index contributed by atoms with van der Waals surface area (Å²) >= 11 is -2.96. The molecule has 3 unspecified atom stereocenters. The number of halogens is 30. The van der Waals surface area contributed by atoms with Crippen LogP contribution in [0.3, 0.4) is 0 Å². The lowest BCUT2D eigenvalue weighted by Crippen LogP contribution is -2.55. The van der Waals surface area contributed by atoms with Crippen LogP contribution in [0.15, 0.2) is 24.3 Å². The summed E-state index contributed by atoms with van der Waals surface area (Å²) in [5.41, 5.74) is 0. The van der Waals surface area contributed by atoms with Crippen LogP contribution in [0.1, 0.15) is 0 Å². The van der Waals surface area contributed by atoms with Gasteiger partial charge in [-0.3, -0.25) is 14.2 Å². The fourth-order valence-corrected chi connectivity index (χ4v) is 4.65. The Morgan fingerprint density at radius 3 is 0.890 bits per heavy atom. The molecule has 430 valence electrons. The minimum Gasteiger partial charge on any atom is -0.462 e. The summed E-state index contributed by atoms with van der Waals surface area (Å²) in [6, 6.07) is 0. The molecule has 0 fully saturated rings. The van der Waals surface area contributed by atoms with E-state index in [0.29, 0.717) is 0 Å². The second-order valence-corrected chi connectivity index (χ2v) is 15.5. The third-order valence-corrected chi connectivity index (χ3v) is 9.09. The second-order valence-electron chi connectivity index (χ2n) is 11.8. The first-order valence-corrected chi connectivity index (χ1v) is 19.7. The van der Waals surface area contributed by atoms with Crippen LogP contribution >= 0.6 is 35.3 Å². The van der Waals surface area contributed by atoms with Crippen molar-refractivity contribution < 1.29 is 184 Å². The van der Waals surface area contributed by atoms with E-state index >= 15 is 0 Å². The van der Waals surface area contributed by atoms with Crippen molar-refractivity contribution in [3.05, 3.63) is 24.3 Å². The minimum atomic E-state index is -7.09. The largest absolute Gasteiger partial charge is 0.462 e. The van der Waals surface area contributed by atoms with Crippen LogP contribution in [0.4, 0.5) is 132 Å². The van der Waals surface area contributed by atoms with Crippen molar-refractivity contribution in [2.75, 3.05) is 37.1 Å². The molecule has 1 aliphatic rings. The maximum Gasteiger partial charge on any atom is 0.462 e. The van der Waals surface area contributed by atoms with E-state index < -0.39 is 186 Å². The number of carbonyl (C=O) groups excluding carboxylic acids is 4. The van der Waals surface area contributed by atoms with Crippen molar-refractivity contribution in [3.63, 3.8) is 0 Å². The molecule has 1 aliphatic heterocycles. The van der Waals surface area contributed by atoms with Crippen LogP contribution in [0.5, 0.6) is 0 Å². The summed E-state index contributed by atoms with van der Waals surface area (Å²) in [6.07, 6.45) is -52.5. The molecule has 0 bridgehead atoms. The SMILES string of the molecule is O=C(/C=C\C(=O)OCCSC(F)(F)C(F)OC(F)(F)C(F)(F)C(F)(F)F)OCCSC(F)(F)C(F)OC(F)(F)C(F)(F)C(F)(F)F.O=C1C=CC(=O)O1.OCCSC(F)(F)C(F)OC(F)(F)C(F)(F)C(F)(F)F. The van der Waals surface area contributed by atoms with Crippen molar-refractivity contribution in [1.29, 1.82) is 0 Å². The predicted octanol–water partition coefficient (Wildman–Crippen LogP) is 10.5. The minimum absolute atomic E-state index is 0.127. The molecule has 44 heteroatoms. The molecule has 0 saturated carbocycles. The van der Waals surface area contributed by atoms with Gasteiger partial charge in [-0.05, 0) is 0 Å². The zero-order chi connectivity index (χ0) is 58.5. The van der Waals surface area contributed by atoms with Crippen LogP contribution in [0.25, 0.3) is 0 Å². The summed E-state index contributed by atoms with van der Waals surface area (Å²) in [4.78, 5) is 42.5. The lowest BCUT2D eigenvalue weighted by molar-refractivity contribution is -0.446. The van der Waals surface area contributed by atoms with E-state index in [4.69, 9.17) is 5.11 Å². The van der Waals surface area contributed by atoms with Crippen LogP contribution in [-0.4, -0.2) is 156 Å². The van der Waals surface area contributed by atoms with Crippen molar-refractivity contribution in [1.82, 2.24) is 0 Å². The highest BCUT2D eigenvalue weighted by Crippen LogP contribution is 2.52. The average molecular weight is 1210 g/mol. The zero-order valence-corrected chi connectivity index (χ0v) is 35.8. The van der Waals surface area contributed by atoms with Crippen molar-refractivity contribution in [2.24, 2.45) is 0 Å². The van der Waals surface area contributed by atoms with Crippen LogP contribution in [0, 0.1) is 0 Å². The molecule has 1 rings (SSSR count). The van der Waals surface area contributed by atoms with E-state index in [1.165, 1.54) is 0 Å². The first-order valence-electron chi connectivity index (χ1n) is 16.8. The Morgan fingerprint density at radius 2 is 0.699 bits per heavy atom. The maximum atomic E-state index is 13.4. The standard InChI is InChI=1S/C18H12F20O6S2.C7H6F10O2S.C4H2O3/c19-9(43-17(35,36)13(25,26)15(29,30)31)11(21,22)45-5-3-41-7(39)1-2-8(40)42-4-6-46-12(23,24)10(20)44-18(37,38)14(27,28)16(32,33)34;8-3(4(9,10)20-2-1-18)19-7(16,17)5(11,12)6(13,14)15;5-3-1-2-4(6)7-3/h1-2,9-10H,3-6H2;3,18H,1-2H2;1-2H/b2-1-;;. The van der Waals surface area contributed by atoms with Crippen molar-refractivity contribution >= 4 is 59.2 Å². The summed E-state index contributed by atoms with van der Waals surface area (Å²) < 4.78 is 396. The number of esters is 4. The van der Waals surface area contributed by atoms with E-state index in [0.717, 1.165) is 12.2 Å². The lowest BCUT2D eigenvalue weighted by Gasteiger charge is -2.30. The number of aliphatic hydroxyl groups excluding tert-OH is 1. The van der Waals surface area contributed by atoms with Gasteiger partial charge in [0.2, 0.25) is 0 Å².